The van der Waals surface area contributed by atoms with Gasteiger partial charge in [0.05, 0.1) is 28.5 Å². The van der Waals surface area contributed by atoms with Gasteiger partial charge in [-0.3, -0.25) is 9.40 Å². The summed E-state index contributed by atoms with van der Waals surface area (Å²) in [5, 5.41) is 5.64. The van der Waals surface area contributed by atoms with Crippen LogP contribution in [0, 0.1) is 48.5 Å². The third kappa shape index (κ3) is 4.34. The van der Waals surface area contributed by atoms with E-state index in [1.165, 1.54) is 0 Å². The third-order valence-electron chi connectivity index (χ3n) is 6.15. The van der Waals surface area contributed by atoms with Crippen molar-refractivity contribution in [3.63, 3.8) is 0 Å². The monoisotopic (exact) mass is 479 g/mol. The molecule has 166 valence electrons. The van der Waals surface area contributed by atoms with Gasteiger partial charge in [-0.25, -0.2) is 8.42 Å². The fourth-order valence-corrected chi connectivity index (χ4v) is 6.11. The molecule has 0 aliphatic rings. The molecule has 0 radical (unpaired) electrons. The summed E-state index contributed by atoms with van der Waals surface area (Å²) in [5.74, 6) is 0. The zero-order valence-electron chi connectivity index (χ0n) is 18.8. The number of halogens is 2. The van der Waals surface area contributed by atoms with Crippen molar-refractivity contribution >= 4 is 38.9 Å². The number of hydrogen-bond acceptors (Lipinski definition) is 3. The van der Waals surface area contributed by atoms with Crippen LogP contribution in [0.5, 0.6) is 0 Å². The minimum absolute atomic E-state index is 0.334. The van der Waals surface area contributed by atoms with Crippen LogP contribution in [0.4, 0.5) is 5.69 Å². The maximum Gasteiger partial charge on any atom is 0.262 e. The Labute approximate surface area is 194 Å². The largest absolute Gasteiger partial charge is 0.276 e. The van der Waals surface area contributed by atoms with Crippen LogP contribution in [0.3, 0.4) is 0 Å². The Morgan fingerprint density at radius 2 is 1.45 bits per heavy atom. The van der Waals surface area contributed by atoms with Gasteiger partial charge in [0.1, 0.15) is 0 Å². The first kappa shape index (κ1) is 23.6. The lowest BCUT2D eigenvalue weighted by Crippen LogP contribution is -2.18. The molecule has 3 rings (SSSR count). The van der Waals surface area contributed by atoms with Gasteiger partial charge in [0.25, 0.3) is 10.0 Å². The molecule has 1 heterocycles. The van der Waals surface area contributed by atoms with Gasteiger partial charge in [-0.05, 0) is 94.0 Å². The van der Waals surface area contributed by atoms with Crippen molar-refractivity contribution in [1.29, 1.82) is 0 Å². The summed E-state index contributed by atoms with van der Waals surface area (Å²) >= 11 is 12.3. The summed E-state index contributed by atoms with van der Waals surface area (Å²) in [7, 11) is -3.80. The van der Waals surface area contributed by atoms with Crippen LogP contribution in [0.1, 0.15) is 44.8 Å². The fourth-order valence-electron chi connectivity index (χ4n) is 3.86. The van der Waals surface area contributed by atoms with Crippen molar-refractivity contribution in [2.24, 2.45) is 0 Å². The van der Waals surface area contributed by atoms with E-state index in [0.717, 1.165) is 33.4 Å². The van der Waals surface area contributed by atoms with Gasteiger partial charge in [0.15, 0.2) is 0 Å². The standard InChI is InChI=1S/C23H27Cl2N3O2S/c1-12-13(2)15(4)23(16(5)14(12)3)31(29,30)27-22-17(6)26-28(18(22)7)11-19-8-9-20(24)10-21(19)25/h8-10,27H,11H2,1-7H3. The van der Waals surface area contributed by atoms with E-state index in [-0.39, 0.29) is 0 Å². The van der Waals surface area contributed by atoms with Crippen molar-refractivity contribution < 1.29 is 8.42 Å². The van der Waals surface area contributed by atoms with Crippen molar-refractivity contribution in [3.8, 4) is 0 Å². The first-order chi connectivity index (χ1) is 14.3. The van der Waals surface area contributed by atoms with E-state index >= 15 is 0 Å². The molecule has 0 bridgehead atoms. The topological polar surface area (TPSA) is 64.0 Å². The Morgan fingerprint density at radius 1 is 0.903 bits per heavy atom. The predicted octanol–water partition coefficient (Wildman–Crippen LogP) is 6.20. The SMILES string of the molecule is Cc1nn(Cc2ccc(Cl)cc2Cl)c(C)c1NS(=O)(=O)c1c(C)c(C)c(C)c(C)c1C. The molecule has 0 saturated heterocycles. The van der Waals surface area contributed by atoms with Crippen molar-refractivity contribution in [2.45, 2.75) is 59.9 Å². The van der Waals surface area contributed by atoms with Gasteiger partial charge in [-0.1, -0.05) is 29.3 Å². The highest BCUT2D eigenvalue weighted by atomic mass is 35.5. The summed E-state index contributed by atoms with van der Waals surface area (Å²) in [4.78, 5) is 0.334. The molecular weight excluding hydrogens is 453 g/mol. The molecule has 0 atom stereocenters. The van der Waals surface area contributed by atoms with Gasteiger partial charge in [0.2, 0.25) is 0 Å². The molecule has 31 heavy (non-hydrogen) atoms. The average molecular weight is 480 g/mol. The number of hydrogen-bond donors (Lipinski definition) is 1. The minimum atomic E-state index is -3.80. The zero-order valence-corrected chi connectivity index (χ0v) is 21.1. The molecule has 0 saturated carbocycles. The van der Waals surface area contributed by atoms with E-state index in [1.807, 2.05) is 47.6 Å². The Bertz CT molecular complexity index is 1270. The van der Waals surface area contributed by atoms with E-state index in [0.29, 0.717) is 38.6 Å². The number of anilines is 1. The minimum Gasteiger partial charge on any atom is -0.276 e. The van der Waals surface area contributed by atoms with Crippen LogP contribution in [-0.2, 0) is 16.6 Å². The number of sulfonamides is 1. The molecule has 0 unspecified atom stereocenters. The van der Waals surface area contributed by atoms with Crippen molar-refractivity contribution in [1.82, 2.24) is 9.78 Å². The fraction of sp³-hybridized carbons (Fsp3) is 0.348. The lowest BCUT2D eigenvalue weighted by atomic mass is 9.95. The number of nitrogens with zero attached hydrogens (tertiary/aromatic N) is 2. The number of aryl methyl sites for hydroxylation is 1. The van der Waals surface area contributed by atoms with Gasteiger partial charge in [0, 0.05) is 10.0 Å². The highest BCUT2D eigenvalue weighted by molar-refractivity contribution is 7.92. The highest BCUT2D eigenvalue weighted by Gasteiger charge is 2.26. The molecular formula is C23H27Cl2N3O2S. The second kappa shape index (κ2) is 8.49. The molecule has 0 spiro atoms. The van der Waals surface area contributed by atoms with Gasteiger partial charge in [-0.15, -0.1) is 0 Å². The van der Waals surface area contributed by atoms with Gasteiger partial charge in [-0.2, -0.15) is 5.10 Å². The molecule has 1 aromatic heterocycles. The third-order valence-corrected chi connectivity index (χ3v) is 8.36. The summed E-state index contributed by atoms with van der Waals surface area (Å²) < 4.78 is 31.4. The first-order valence-corrected chi connectivity index (χ1v) is 12.2. The Balaban J connectivity index is 2.02. The molecule has 0 fully saturated rings. The number of benzene rings is 2. The molecule has 0 aliphatic carbocycles. The normalized spacial score (nSPS) is 11.8. The number of nitrogens with one attached hydrogen (secondary N) is 1. The van der Waals surface area contributed by atoms with Crippen LogP contribution < -0.4 is 4.72 Å². The Morgan fingerprint density at radius 3 is 2.00 bits per heavy atom. The molecule has 8 heteroatoms. The van der Waals surface area contributed by atoms with Crippen LogP contribution >= 0.6 is 23.2 Å². The zero-order chi connectivity index (χ0) is 23.2. The molecule has 1 N–H and O–H groups in total. The highest BCUT2D eigenvalue weighted by Crippen LogP contribution is 2.32. The maximum atomic E-state index is 13.4. The molecule has 3 aromatic rings. The van der Waals surface area contributed by atoms with Gasteiger partial charge < -0.3 is 0 Å². The maximum absolute atomic E-state index is 13.4. The van der Waals surface area contributed by atoms with Crippen molar-refractivity contribution in [2.75, 3.05) is 4.72 Å². The van der Waals surface area contributed by atoms with Gasteiger partial charge >= 0.3 is 0 Å². The second-order valence-corrected chi connectivity index (χ2v) is 10.5. The first-order valence-electron chi connectivity index (χ1n) is 9.92. The molecule has 0 aliphatic heterocycles. The van der Waals surface area contributed by atoms with Crippen LogP contribution in [-0.4, -0.2) is 18.2 Å². The smallest absolute Gasteiger partial charge is 0.262 e. The van der Waals surface area contributed by atoms with E-state index in [4.69, 9.17) is 23.2 Å². The van der Waals surface area contributed by atoms with Crippen molar-refractivity contribution in [3.05, 3.63) is 73.0 Å². The molecule has 2 aromatic carbocycles. The molecule has 0 amide bonds. The predicted molar refractivity (Wildman–Crippen MR) is 128 cm³/mol. The Hall–Kier alpha value is -2.02. The lowest BCUT2D eigenvalue weighted by molar-refractivity contribution is 0.599. The van der Waals surface area contributed by atoms with E-state index in [2.05, 4.69) is 9.82 Å². The molecule has 5 nitrogen and oxygen atoms in total. The summed E-state index contributed by atoms with van der Waals surface area (Å²) in [6, 6.07) is 5.29. The average Bonchev–Trinajstić information content (AvgIpc) is 2.94. The van der Waals surface area contributed by atoms with E-state index < -0.39 is 10.0 Å². The van der Waals surface area contributed by atoms with Crippen LogP contribution in [0.2, 0.25) is 10.0 Å². The number of aromatic nitrogens is 2. The number of rotatable bonds is 5. The lowest BCUT2D eigenvalue weighted by Gasteiger charge is -2.19. The second-order valence-electron chi connectivity index (χ2n) is 8.00. The van der Waals surface area contributed by atoms with E-state index in [9.17, 15) is 8.42 Å². The quantitative estimate of drug-likeness (QED) is 0.473. The van der Waals surface area contributed by atoms with Crippen LogP contribution in [0.15, 0.2) is 23.1 Å². The van der Waals surface area contributed by atoms with Crippen LogP contribution in [0.25, 0.3) is 0 Å². The summed E-state index contributed by atoms with van der Waals surface area (Å²) in [6.45, 7) is 13.7. The summed E-state index contributed by atoms with van der Waals surface area (Å²) in [5.41, 5.74) is 7.28. The Kier molecular flexibility index (Phi) is 6.47. The van der Waals surface area contributed by atoms with E-state index in [1.54, 1.807) is 23.7 Å². The summed E-state index contributed by atoms with van der Waals surface area (Å²) in [6.07, 6.45) is 0.